The zero-order valence-corrected chi connectivity index (χ0v) is 44.1. The van der Waals surface area contributed by atoms with E-state index < -0.39 is 75.5 Å². The summed E-state index contributed by atoms with van der Waals surface area (Å²) in [5.74, 6) is -1.03. The Labute approximate surface area is 431 Å². The number of ether oxygens (including phenoxy) is 1. The fourth-order valence-electron chi connectivity index (χ4n) is 8.70. The van der Waals surface area contributed by atoms with Crippen molar-refractivity contribution in [2.45, 2.75) is 97.0 Å². The van der Waals surface area contributed by atoms with Crippen LogP contribution in [0.15, 0.2) is 88.2 Å². The molecule has 4 N–H and O–H groups in total. The van der Waals surface area contributed by atoms with Crippen molar-refractivity contribution >= 4 is 73.5 Å². The van der Waals surface area contributed by atoms with Gasteiger partial charge in [-0.25, -0.2) is 13.4 Å². The van der Waals surface area contributed by atoms with Gasteiger partial charge in [0, 0.05) is 47.1 Å². The number of aromatic nitrogens is 4. The highest BCUT2D eigenvalue weighted by atomic mass is 35.5. The molecule has 2 aliphatic rings. The summed E-state index contributed by atoms with van der Waals surface area (Å²) in [4.78, 5) is 67.3. The SMILES string of the molecule is Cc1ncsc1-c1ccc(CNC(=O)[C@@H]2C[C@@H](O)CN2C(=O)C(NC(=O)COc2ccc(S(=O)(=O)CCNC(=O)C[C@@H]3N=C(c4ccc(Cl)cc4)c4c(sc(C)c4C)-n4c(C)nnc43)cc2)C(C)(C)C)cc1. The fourth-order valence-corrected chi connectivity index (χ4v) is 12.0. The number of aliphatic hydroxyl groups excluding tert-OH is 1. The molecule has 378 valence electrons. The Balaban J connectivity index is 0.838. The van der Waals surface area contributed by atoms with Gasteiger partial charge >= 0.3 is 0 Å². The van der Waals surface area contributed by atoms with Crippen LogP contribution in [0.2, 0.25) is 5.02 Å². The second-order valence-corrected chi connectivity index (χ2v) is 23.6. The van der Waals surface area contributed by atoms with E-state index in [1.807, 2.05) is 68.7 Å². The van der Waals surface area contributed by atoms with Crippen LogP contribution in [0.4, 0.5) is 0 Å². The third-order valence-corrected chi connectivity index (χ3v) is 16.8. The molecule has 4 atom stereocenters. The van der Waals surface area contributed by atoms with Gasteiger partial charge in [-0.15, -0.1) is 32.9 Å². The van der Waals surface area contributed by atoms with E-state index in [9.17, 15) is 32.7 Å². The number of thiazole rings is 1. The van der Waals surface area contributed by atoms with Gasteiger partial charge in [-0.05, 0) is 86.2 Å². The first-order valence-electron chi connectivity index (χ1n) is 23.3. The number of aryl methyl sites for hydroxylation is 3. The second-order valence-electron chi connectivity index (χ2n) is 19.0. The predicted octanol–water partition coefficient (Wildman–Crippen LogP) is 6.40. The largest absolute Gasteiger partial charge is 0.484 e. The molecular formula is C51H56ClN9O8S3. The Morgan fingerprint density at radius 3 is 2.28 bits per heavy atom. The van der Waals surface area contributed by atoms with E-state index in [0.717, 1.165) is 48.3 Å². The number of thiophene rings is 1. The molecule has 2 aliphatic heterocycles. The van der Waals surface area contributed by atoms with Crippen LogP contribution in [0.1, 0.15) is 84.1 Å². The van der Waals surface area contributed by atoms with E-state index in [4.69, 9.17) is 21.3 Å². The highest BCUT2D eigenvalue weighted by molar-refractivity contribution is 7.91. The van der Waals surface area contributed by atoms with Gasteiger partial charge in [-0.3, -0.25) is 28.7 Å². The normalized spacial score (nSPS) is 17.0. The number of sulfone groups is 1. The van der Waals surface area contributed by atoms with Gasteiger partial charge in [0.2, 0.25) is 17.7 Å². The highest BCUT2D eigenvalue weighted by Gasteiger charge is 2.44. The number of nitrogens with one attached hydrogen (secondary N) is 3. The van der Waals surface area contributed by atoms with Crippen LogP contribution in [-0.2, 0) is 35.6 Å². The fraction of sp³-hybridized carbons (Fsp3) is 0.373. The lowest BCUT2D eigenvalue weighted by Crippen LogP contribution is -2.58. The number of carbonyl (C=O) groups excluding carboxylic acids is 4. The molecule has 0 bridgehead atoms. The topological polar surface area (TPSA) is 227 Å². The van der Waals surface area contributed by atoms with Gasteiger partial charge in [0.05, 0.1) is 45.0 Å². The van der Waals surface area contributed by atoms with Gasteiger partial charge in [0.1, 0.15) is 34.7 Å². The van der Waals surface area contributed by atoms with Crippen LogP contribution in [0, 0.1) is 33.1 Å². The predicted molar refractivity (Wildman–Crippen MR) is 277 cm³/mol. The second kappa shape index (κ2) is 21.4. The summed E-state index contributed by atoms with van der Waals surface area (Å²) in [6.07, 6.45) is -1.00. The number of nitrogens with zero attached hydrogens (tertiary/aromatic N) is 6. The molecule has 6 aromatic rings. The quantitative estimate of drug-likeness (QED) is 0.0830. The van der Waals surface area contributed by atoms with Crippen molar-refractivity contribution in [3.05, 3.63) is 128 Å². The maximum absolute atomic E-state index is 14.1. The molecule has 0 radical (unpaired) electrons. The number of amides is 4. The van der Waals surface area contributed by atoms with Crippen molar-refractivity contribution in [2.75, 3.05) is 25.4 Å². The van der Waals surface area contributed by atoms with Crippen LogP contribution < -0.4 is 20.7 Å². The summed E-state index contributed by atoms with van der Waals surface area (Å²) >= 11 is 9.38. The molecule has 3 aromatic carbocycles. The van der Waals surface area contributed by atoms with Gasteiger partial charge < -0.3 is 30.7 Å². The Hall–Kier alpha value is -6.32. The first kappa shape index (κ1) is 52.0. The number of hydrogen-bond acceptors (Lipinski definition) is 14. The molecule has 1 unspecified atom stereocenters. The molecule has 0 saturated carbocycles. The maximum Gasteiger partial charge on any atom is 0.258 e. The van der Waals surface area contributed by atoms with E-state index in [1.165, 1.54) is 29.2 Å². The average molecular weight is 1050 g/mol. The lowest BCUT2D eigenvalue weighted by molar-refractivity contribution is -0.144. The number of aliphatic hydroxyl groups is 1. The lowest BCUT2D eigenvalue weighted by Gasteiger charge is -2.35. The summed E-state index contributed by atoms with van der Waals surface area (Å²) < 4.78 is 34.5. The number of aliphatic imine (C=N–C) groups is 1. The molecule has 5 heterocycles. The summed E-state index contributed by atoms with van der Waals surface area (Å²) in [5, 5.41) is 29.3. The Bertz CT molecular complexity index is 3140. The van der Waals surface area contributed by atoms with Crippen LogP contribution in [0.3, 0.4) is 0 Å². The molecule has 0 spiro atoms. The van der Waals surface area contributed by atoms with E-state index in [0.29, 0.717) is 22.4 Å². The minimum absolute atomic E-state index is 0.0143. The van der Waals surface area contributed by atoms with Crippen molar-refractivity contribution in [2.24, 2.45) is 10.4 Å². The van der Waals surface area contributed by atoms with E-state index in [1.54, 1.807) is 61.1 Å². The smallest absolute Gasteiger partial charge is 0.258 e. The number of rotatable bonds is 16. The lowest BCUT2D eigenvalue weighted by atomic mass is 9.85. The van der Waals surface area contributed by atoms with E-state index >= 15 is 0 Å². The van der Waals surface area contributed by atoms with Crippen molar-refractivity contribution in [1.82, 2.24) is 40.6 Å². The summed E-state index contributed by atoms with van der Waals surface area (Å²) in [7, 11) is -3.87. The standard InChI is InChI=1S/C51H56ClN9O8S3/c1-28-30(3)71-50-43(28)44(33-12-14-35(52)15-13-33)56-39(47-59-58-31(4)61(47)50)23-41(63)53-20-21-72(67,68)38-18-16-37(17-19-38)69-26-42(64)57-46(51(5,6)7)49(66)60-25-36(62)22-40(60)48(65)54-24-32-8-10-34(11-9-32)45-29(2)55-27-70-45/h8-19,27,36,39-40,46,62H,20-26H2,1-7H3,(H,53,63)(H,54,65)(H,57,64)/t36-,39+,40+,46?/m1/s1. The molecule has 72 heavy (non-hydrogen) atoms. The van der Waals surface area contributed by atoms with Crippen molar-refractivity contribution in [3.8, 4) is 21.2 Å². The van der Waals surface area contributed by atoms with Gasteiger partial charge in [-0.1, -0.05) is 68.8 Å². The third kappa shape index (κ3) is 11.5. The molecule has 17 nitrogen and oxygen atoms in total. The number of hydrogen-bond donors (Lipinski definition) is 4. The number of β-amino-alcohol motifs (C(OH)–C–C–N with tert-alkyl or cyclic N) is 1. The van der Waals surface area contributed by atoms with E-state index in [-0.39, 0.29) is 43.1 Å². The Kier molecular flexibility index (Phi) is 15.5. The molecule has 21 heteroatoms. The van der Waals surface area contributed by atoms with Crippen molar-refractivity contribution in [3.63, 3.8) is 0 Å². The van der Waals surface area contributed by atoms with E-state index in [2.05, 4.69) is 31.1 Å². The van der Waals surface area contributed by atoms with Gasteiger partial charge in [0.15, 0.2) is 22.3 Å². The number of fused-ring (bicyclic) bond motifs is 3. The molecular weight excluding hydrogens is 998 g/mol. The first-order valence-corrected chi connectivity index (χ1v) is 27.0. The maximum atomic E-state index is 14.1. The Morgan fingerprint density at radius 2 is 1.61 bits per heavy atom. The minimum atomic E-state index is -3.87. The van der Waals surface area contributed by atoms with Crippen molar-refractivity contribution < 1.29 is 37.4 Å². The molecule has 8 rings (SSSR count). The zero-order chi connectivity index (χ0) is 51.6. The summed E-state index contributed by atoms with van der Waals surface area (Å²) in [5.41, 5.74) is 7.32. The number of benzene rings is 3. The molecule has 3 aromatic heterocycles. The zero-order valence-electron chi connectivity index (χ0n) is 40.9. The number of halogens is 1. The van der Waals surface area contributed by atoms with Crippen LogP contribution in [0.25, 0.3) is 15.4 Å². The van der Waals surface area contributed by atoms with Crippen molar-refractivity contribution in [1.29, 1.82) is 0 Å². The number of carbonyl (C=O) groups is 4. The van der Waals surface area contributed by atoms with Crippen LogP contribution in [0.5, 0.6) is 5.75 Å². The molecule has 4 amide bonds. The van der Waals surface area contributed by atoms with Crippen LogP contribution >= 0.6 is 34.3 Å². The molecule has 1 fully saturated rings. The minimum Gasteiger partial charge on any atom is -0.484 e. The third-order valence-electron chi connectivity index (χ3n) is 12.7. The highest BCUT2D eigenvalue weighted by Crippen LogP contribution is 2.40. The van der Waals surface area contributed by atoms with Gasteiger partial charge in [-0.2, -0.15) is 0 Å². The van der Waals surface area contributed by atoms with Crippen LogP contribution in [-0.4, -0.2) is 111 Å². The molecule has 1 saturated heterocycles. The van der Waals surface area contributed by atoms with Gasteiger partial charge in [0.25, 0.3) is 5.91 Å². The summed E-state index contributed by atoms with van der Waals surface area (Å²) in [6, 6.07) is 17.9. The Morgan fingerprint density at radius 1 is 0.917 bits per heavy atom. The summed E-state index contributed by atoms with van der Waals surface area (Å²) in [6.45, 7) is 12.7. The average Bonchev–Trinajstić information content (AvgIpc) is 4.11. The molecule has 0 aliphatic carbocycles. The monoisotopic (exact) mass is 1050 g/mol. The number of likely N-dealkylation sites (tertiary alicyclic amines) is 1. The first-order chi connectivity index (χ1) is 34.2.